The first-order valence-corrected chi connectivity index (χ1v) is 6.28. The number of hydrogen-bond donors (Lipinski definition) is 1. The number of carboxylic acids is 1. The number of carbonyl (C=O) groups is 1. The van der Waals surface area contributed by atoms with Crippen molar-refractivity contribution in [1.82, 2.24) is 0 Å². The lowest BCUT2D eigenvalue weighted by Crippen LogP contribution is -2.40. The highest BCUT2D eigenvalue weighted by atomic mass is 16.4. The lowest BCUT2D eigenvalue weighted by atomic mass is 9.98. The molecular formula is C14H19NO2. The second-order valence-electron chi connectivity index (χ2n) is 4.59. The van der Waals surface area contributed by atoms with Crippen LogP contribution in [0.2, 0.25) is 0 Å². The van der Waals surface area contributed by atoms with Gasteiger partial charge in [0.05, 0.1) is 6.42 Å². The van der Waals surface area contributed by atoms with Crippen LogP contribution in [0.25, 0.3) is 0 Å². The molecule has 1 unspecified atom stereocenters. The number of anilines is 1. The minimum Gasteiger partial charge on any atom is -0.481 e. The van der Waals surface area contributed by atoms with E-state index < -0.39 is 5.97 Å². The van der Waals surface area contributed by atoms with Gasteiger partial charge in [-0.2, -0.15) is 0 Å². The van der Waals surface area contributed by atoms with E-state index in [4.69, 9.17) is 5.11 Å². The van der Waals surface area contributed by atoms with Gasteiger partial charge in [-0.15, -0.1) is 0 Å². The minimum atomic E-state index is -0.708. The first-order chi connectivity index (χ1) is 8.22. The van der Waals surface area contributed by atoms with Gasteiger partial charge in [0.25, 0.3) is 0 Å². The van der Waals surface area contributed by atoms with Gasteiger partial charge < -0.3 is 10.0 Å². The van der Waals surface area contributed by atoms with Crippen molar-refractivity contribution in [2.75, 3.05) is 11.4 Å². The third-order valence-electron chi connectivity index (χ3n) is 3.47. The molecule has 3 nitrogen and oxygen atoms in total. The molecule has 3 heteroatoms. The summed E-state index contributed by atoms with van der Waals surface area (Å²) in [7, 11) is 0. The topological polar surface area (TPSA) is 40.5 Å². The maximum absolute atomic E-state index is 10.9. The van der Waals surface area contributed by atoms with E-state index in [-0.39, 0.29) is 12.5 Å². The van der Waals surface area contributed by atoms with Crippen LogP contribution in [-0.2, 0) is 11.2 Å². The molecule has 0 bridgehead atoms. The number of rotatable bonds is 4. The van der Waals surface area contributed by atoms with Crippen LogP contribution in [-0.4, -0.2) is 23.7 Å². The highest BCUT2D eigenvalue weighted by Gasteiger charge is 2.24. The van der Waals surface area contributed by atoms with Crippen LogP contribution in [0.3, 0.4) is 0 Å². The molecule has 1 atom stereocenters. The summed E-state index contributed by atoms with van der Waals surface area (Å²) in [6.07, 6.45) is 3.33. The molecule has 1 aromatic rings. The number of aliphatic carboxylic acids is 1. The molecule has 1 aliphatic rings. The van der Waals surface area contributed by atoms with Crippen molar-refractivity contribution >= 4 is 11.7 Å². The van der Waals surface area contributed by atoms with Crippen LogP contribution in [0.4, 0.5) is 5.69 Å². The fourth-order valence-electron chi connectivity index (χ4n) is 2.62. The summed E-state index contributed by atoms with van der Waals surface area (Å²) in [5.41, 5.74) is 2.58. The van der Waals surface area contributed by atoms with Crippen LogP contribution in [0.15, 0.2) is 24.3 Å². The molecule has 1 heterocycles. The van der Waals surface area contributed by atoms with Crippen molar-refractivity contribution in [2.45, 2.75) is 38.6 Å². The molecule has 0 saturated heterocycles. The number of para-hydroxylation sites is 1. The maximum Gasteiger partial charge on any atom is 0.305 e. The SMILES string of the molecule is CCC(CC(=O)O)N1CCCc2ccccc21. The fourth-order valence-corrected chi connectivity index (χ4v) is 2.62. The third-order valence-corrected chi connectivity index (χ3v) is 3.47. The number of carboxylic acid groups (broad SMARTS) is 1. The van der Waals surface area contributed by atoms with Crippen molar-refractivity contribution in [3.05, 3.63) is 29.8 Å². The van der Waals surface area contributed by atoms with E-state index in [0.717, 1.165) is 25.8 Å². The average molecular weight is 233 g/mol. The summed E-state index contributed by atoms with van der Waals surface area (Å²) >= 11 is 0. The quantitative estimate of drug-likeness (QED) is 0.869. The van der Waals surface area contributed by atoms with Gasteiger partial charge in [-0.25, -0.2) is 0 Å². The van der Waals surface area contributed by atoms with Crippen LogP contribution in [0.1, 0.15) is 31.7 Å². The highest BCUT2D eigenvalue weighted by Crippen LogP contribution is 2.30. The van der Waals surface area contributed by atoms with Gasteiger partial charge in [0, 0.05) is 18.3 Å². The Balaban J connectivity index is 2.24. The Labute approximate surface area is 102 Å². The van der Waals surface area contributed by atoms with E-state index in [2.05, 4.69) is 30.0 Å². The van der Waals surface area contributed by atoms with E-state index in [9.17, 15) is 4.79 Å². The molecule has 2 rings (SSSR count). The summed E-state index contributed by atoms with van der Waals surface area (Å²) in [6, 6.07) is 8.47. The molecule has 1 aromatic carbocycles. The smallest absolute Gasteiger partial charge is 0.305 e. The summed E-state index contributed by atoms with van der Waals surface area (Å²) in [5, 5.41) is 8.97. The lowest BCUT2D eigenvalue weighted by Gasteiger charge is -2.37. The minimum absolute atomic E-state index is 0.119. The monoisotopic (exact) mass is 233 g/mol. The number of hydrogen-bond acceptors (Lipinski definition) is 2. The molecule has 0 aliphatic carbocycles. The molecule has 0 fully saturated rings. The molecule has 1 N–H and O–H groups in total. The molecule has 0 amide bonds. The van der Waals surface area contributed by atoms with Gasteiger partial charge in [-0.05, 0) is 30.9 Å². The predicted octanol–water partition coefficient (Wildman–Crippen LogP) is 2.69. The Kier molecular flexibility index (Phi) is 3.67. The molecule has 0 radical (unpaired) electrons. The summed E-state index contributed by atoms with van der Waals surface area (Å²) < 4.78 is 0. The van der Waals surface area contributed by atoms with Gasteiger partial charge in [-0.1, -0.05) is 25.1 Å². The summed E-state index contributed by atoms with van der Waals surface area (Å²) in [6.45, 7) is 3.04. The molecule has 1 aliphatic heterocycles. The maximum atomic E-state index is 10.9. The number of benzene rings is 1. The van der Waals surface area contributed by atoms with Crippen LogP contribution in [0, 0.1) is 0 Å². The molecular weight excluding hydrogens is 214 g/mol. The highest BCUT2D eigenvalue weighted by molar-refractivity contribution is 5.69. The number of fused-ring (bicyclic) bond motifs is 1. The Hall–Kier alpha value is -1.51. The summed E-state index contributed by atoms with van der Waals surface area (Å²) in [5.74, 6) is -0.708. The molecule has 0 saturated carbocycles. The van der Waals surface area contributed by atoms with Crippen molar-refractivity contribution in [3.8, 4) is 0 Å². The first-order valence-electron chi connectivity index (χ1n) is 6.28. The second kappa shape index (κ2) is 5.21. The zero-order valence-corrected chi connectivity index (χ0v) is 10.2. The van der Waals surface area contributed by atoms with Crippen LogP contribution in [0.5, 0.6) is 0 Å². The molecule has 0 aromatic heterocycles. The Morgan fingerprint density at radius 3 is 2.94 bits per heavy atom. The van der Waals surface area contributed by atoms with E-state index >= 15 is 0 Å². The average Bonchev–Trinajstić information content (AvgIpc) is 2.35. The molecule has 0 spiro atoms. The van der Waals surface area contributed by atoms with Crippen molar-refractivity contribution in [2.24, 2.45) is 0 Å². The molecule has 92 valence electrons. The van der Waals surface area contributed by atoms with Gasteiger partial charge in [0.2, 0.25) is 0 Å². The number of aryl methyl sites for hydroxylation is 1. The van der Waals surface area contributed by atoms with E-state index in [0.29, 0.717) is 0 Å². The summed E-state index contributed by atoms with van der Waals surface area (Å²) in [4.78, 5) is 13.2. The fraction of sp³-hybridized carbons (Fsp3) is 0.500. The number of nitrogens with zero attached hydrogens (tertiary/aromatic N) is 1. The standard InChI is InChI=1S/C14H19NO2/c1-2-12(10-14(16)17)15-9-5-7-11-6-3-4-8-13(11)15/h3-4,6,8,12H,2,5,7,9-10H2,1H3,(H,16,17). The zero-order valence-electron chi connectivity index (χ0n) is 10.2. The zero-order chi connectivity index (χ0) is 12.3. The Bertz CT molecular complexity index is 403. The predicted molar refractivity (Wildman–Crippen MR) is 68.4 cm³/mol. The van der Waals surface area contributed by atoms with E-state index in [1.54, 1.807) is 0 Å². The van der Waals surface area contributed by atoms with Gasteiger partial charge in [0.1, 0.15) is 0 Å². The van der Waals surface area contributed by atoms with Crippen LogP contribution >= 0.6 is 0 Å². The van der Waals surface area contributed by atoms with Gasteiger partial charge in [0.15, 0.2) is 0 Å². The van der Waals surface area contributed by atoms with Crippen molar-refractivity contribution in [1.29, 1.82) is 0 Å². The second-order valence-corrected chi connectivity index (χ2v) is 4.59. The molecule has 17 heavy (non-hydrogen) atoms. The normalized spacial score (nSPS) is 16.4. The lowest BCUT2D eigenvalue weighted by molar-refractivity contribution is -0.137. The Morgan fingerprint density at radius 1 is 1.47 bits per heavy atom. The van der Waals surface area contributed by atoms with Crippen LogP contribution < -0.4 is 4.90 Å². The van der Waals surface area contributed by atoms with E-state index in [1.807, 2.05) is 6.07 Å². The van der Waals surface area contributed by atoms with Gasteiger partial charge >= 0.3 is 5.97 Å². The van der Waals surface area contributed by atoms with Crippen molar-refractivity contribution < 1.29 is 9.90 Å². The van der Waals surface area contributed by atoms with E-state index in [1.165, 1.54) is 11.3 Å². The largest absolute Gasteiger partial charge is 0.481 e. The third kappa shape index (κ3) is 2.60. The van der Waals surface area contributed by atoms with Gasteiger partial charge in [-0.3, -0.25) is 4.79 Å². The van der Waals surface area contributed by atoms with Crippen molar-refractivity contribution in [3.63, 3.8) is 0 Å². The first kappa shape index (κ1) is 12.0. The Morgan fingerprint density at radius 2 is 2.24 bits per heavy atom.